The number of nitrogens with one attached hydrogen (secondary N) is 1. The Balaban J connectivity index is 2.56. The molecule has 1 atom stereocenters. The van der Waals surface area contributed by atoms with Crippen LogP contribution in [0.25, 0.3) is 0 Å². The lowest BCUT2D eigenvalue weighted by Gasteiger charge is -2.14. The zero-order valence-electron chi connectivity index (χ0n) is 14.1. The van der Waals surface area contributed by atoms with Crippen LogP contribution in [0.2, 0.25) is 0 Å². The molecule has 7 heteroatoms. The second-order valence-corrected chi connectivity index (χ2v) is 7.93. The van der Waals surface area contributed by atoms with E-state index in [2.05, 4.69) is 5.32 Å². The van der Waals surface area contributed by atoms with Crippen LogP contribution in [0.1, 0.15) is 45.1 Å². The molecule has 0 saturated carbocycles. The molecule has 1 aromatic rings. The van der Waals surface area contributed by atoms with Gasteiger partial charge in [0.25, 0.3) is 0 Å². The highest BCUT2D eigenvalue weighted by Gasteiger charge is 2.19. The van der Waals surface area contributed by atoms with Gasteiger partial charge in [-0.2, -0.15) is 0 Å². The second-order valence-electron chi connectivity index (χ2n) is 5.65. The van der Waals surface area contributed by atoms with E-state index in [1.165, 1.54) is 12.1 Å². The van der Waals surface area contributed by atoms with Gasteiger partial charge in [0.1, 0.15) is 6.04 Å². The molecule has 1 unspecified atom stereocenters. The fraction of sp³-hybridized carbons (Fsp3) is 0.529. The van der Waals surface area contributed by atoms with E-state index < -0.39 is 21.8 Å². The summed E-state index contributed by atoms with van der Waals surface area (Å²) in [4.78, 5) is 23.3. The van der Waals surface area contributed by atoms with E-state index in [1.807, 2.05) is 6.92 Å². The maximum absolute atomic E-state index is 11.9. The first-order valence-electron chi connectivity index (χ1n) is 8.14. The quantitative estimate of drug-likeness (QED) is 0.670. The Morgan fingerprint density at radius 1 is 1.17 bits per heavy atom. The largest absolute Gasteiger partial charge is 0.480 e. The summed E-state index contributed by atoms with van der Waals surface area (Å²) in [6, 6.07) is 5.58. The van der Waals surface area contributed by atoms with Crippen molar-refractivity contribution >= 4 is 21.7 Å². The van der Waals surface area contributed by atoms with E-state index in [0.717, 1.165) is 18.4 Å². The molecule has 0 aliphatic rings. The summed E-state index contributed by atoms with van der Waals surface area (Å²) >= 11 is 0. The number of aliphatic carboxylic acids is 1. The number of rotatable bonds is 10. The molecule has 2 N–H and O–H groups in total. The van der Waals surface area contributed by atoms with Gasteiger partial charge in [-0.1, -0.05) is 38.8 Å². The van der Waals surface area contributed by atoms with Crippen molar-refractivity contribution in [2.75, 3.05) is 5.75 Å². The summed E-state index contributed by atoms with van der Waals surface area (Å²) in [7, 11) is -3.23. The molecule has 1 aromatic carbocycles. The molecule has 134 valence electrons. The summed E-state index contributed by atoms with van der Waals surface area (Å²) in [5.41, 5.74) is 0.834. The first kappa shape index (κ1) is 20.2. The highest BCUT2D eigenvalue weighted by Crippen LogP contribution is 2.13. The highest BCUT2D eigenvalue weighted by atomic mass is 32.2. The van der Waals surface area contributed by atoms with Crippen molar-refractivity contribution in [2.45, 2.75) is 56.9 Å². The van der Waals surface area contributed by atoms with Gasteiger partial charge in [-0.25, -0.2) is 13.2 Å². The average molecular weight is 355 g/mol. The first-order chi connectivity index (χ1) is 11.3. The number of amides is 1. The predicted octanol–water partition coefficient (Wildman–Crippen LogP) is 2.17. The molecule has 1 rings (SSSR count). The zero-order valence-corrected chi connectivity index (χ0v) is 14.9. The monoisotopic (exact) mass is 355 g/mol. The molecule has 0 bridgehead atoms. The molecule has 0 saturated heterocycles. The second kappa shape index (κ2) is 9.42. The fourth-order valence-electron chi connectivity index (χ4n) is 2.22. The number of hydrogen-bond donors (Lipinski definition) is 2. The molecular weight excluding hydrogens is 330 g/mol. The maximum atomic E-state index is 11.9. The highest BCUT2D eigenvalue weighted by molar-refractivity contribution is 7.91. The molecule has 0 radical (unpaired) electrons. The van der Waals surface area contributed by atoms with Crippen molar-refractivity contribution in [3.63, 3.8) is 0 Å². The summed E-state index contributed by atoms with van der Waals surface area (Å²) in [6.07, 6.45) is 2.62. The van der Waals surface area contributed by atoms with Crippen LogP contribution in [0.4, 0.5) is 0 Å². The van der Waals surface area contributed by atoms with Gasteiger partial charge in [-0.15, -0.1) is 0 Å². The van der Waals surface area contributed by atoms with Crippen LogP contribution >= 0.6 is 0 Å². The van der Waals surface area contributed by atoms with Crippen molar-refractivity contribution in [3.8, 4) is 0 Å². The van der Waals surface area contributed by atoms with E-state index in [9.17, 15) is 18.0 Å². The van der Waals surface area contributed by atoms with E-state index in [4.69, 9.17) is 5.11 Å². The molecule has 0 aliphatic carbocycles. The van der Waals surface area contributed by atoms with Crippen LogP contribution in [-0.2, 0) is 25.8 Å². The average Bonchev–Trinajstić information content (AvgIpc) is 2.56. The minimum absolute atomic E-state index is 0.0447. The van der Waals surface area contributed by atoms with Crippen molar-refractivity contribution < 1.29 is 23.1 Å². The van der Waals surface area contributed by atoms with Crippen LogP contribution < -0.4 is 5.32 Å². The lowest BCUT2D eigenvalue weighted by atomic mass is 10.1. The SMILES string of the molecule is CCCCC(NC(=O)CCc1ccc(S(=O)(=O)CC)cc1)C(=O)O. The predicted molar refractivity (Wildman–Crippen MR) is 91.6 cm³/mol. The Bertz CT molecular complexity index is 652. The zero-order chi connectivity index (χ0) is 18.2. The number of carbonyl (C=O) groups excluding carboxylic acids is 1. The molecule has 6 nitrogen and oxygen atoms in total. The molecule has 0 fully saturated rings. The molecule has 0 aliphatic heterocycles. The van der Waals surface area contributed by atoms with Crippen LogP contribution in [0.3, 0.4) is 0 Å². The lowest BCUT2D eigenvalue weighted by molar-refractivity contribution is -0.142. The van der Waals surface area contributed by atoms with Gasteiger partial charge >= 0.3 is 5.97 Å². The smallest absolute Gasteiger partial charge is 0.326 e. The van der Waals surface area contributed by atoms with Gasteiger partial charge in [-0.05, 0) is 30.5 Å². The summed E-state index contributed by atoms with van der Waals surface area (Å²) in [6.45, 7) is 3.55. The van der Waals surface area contributed by atoms with E-state index in [1.54, 1.807) is 19.1 Å². The minimum atomic E-state index is -3.23. The van der Waals surface area contributed by atoms with Crippen LogP contribution in [-0.4, -0.2) is 37.2 Å². The van der Waals surface area contributed by atoms with Gasteiger partial charge in [0.05, 0.1) is 10.6 Å². The van der Waals surface area contributed by atoms with Gasteiger partial charge in [-0.3, -0.25) is 4.79 Å². The molecule has 0 heterocycles. The number of unbranched alkanes of at least 4 members (excludes halogenated alkanes) is 1. The van der Waals surface area contributed by atoms with Gasteiger partial charge in [0.2, 0.25) is 5.91 Å². The number of benzene rings is 1. The van der Waals surface area contributed by atoms with Gasteiger partial charge < -0.3 is 10.4 Å². The number of carboxylic acid groups (broad SMARTS) is 1. The minimum Gasteiger partial charge on any atom is -0.480 e. The summed E-state index contributed by atoms with van der Waals surface area (Å²) < 4.78 is 23.5. The normalized spacial score (nSPS) is 12.6. The molecule has 0 aromatic heterocycles. The fourth-order valence-corrected chi connectivity index (χ4v) is 3.10. The maximum Gasteiger partial charge on any atom is 0.326 e. The third-order valence-corrected chi connectivity index (χ3v) is 5.53. The van der Waals surface area contributed by atoms with Crippen molar-refractivity contribution in [1.29, 1.82) is 0 Å². The van der Waals surface area contributed by atoms with Crippen LogP contribution in [0, 0.1) is 0 Å². The number of carboxylic acids is 1. The Kier molecular flexibility index (Phi) is 7.91. The third kappa shape index (κ3) is 6.31. The third-order valence-electron chi connectivity index (χ3n) is 3.78. The Morgan fingerprint density at radius 3 is 2.29 bits per heavy atom. The van der Waals surface area contributed by atoms with Gasteiger partial charge in [0, 0.05) is 6.42 Å². The van der Waals surface area contributed by atoms with Crippen molar-refractivity contribution in [1.82, 2.24) is 5.32 Å². The standard InChI is InChI=1S/C17H25NO5S/c1-3-5-6-15(17(20)21)18-16(19)12-9-13-7-10-14(11-8-13)24(22,23)4-2/h7-8,10-11,15H,3-6,9,12H2,1-2H3,(H,18,19)(H,20,21). The Labute approximate surface area is 143 Å². The molecule has 1 amide bonds. The Hall–Kier alpha value is -1.89. The molecule has 0 spiro atoms. The Morgan fingerprint density at radius 2 is 1.79 bits per heavy atom. The van der Waals surface area contributed by atoms with Gasteiger partial charge in [0.15, 0.2) is 9.84 Å². The van der Waals surface area contributed by atoms with Crippen molar-refractivity contribution in [2.24, 2.45) is 0 Å². The first-order valence-corrected chi connectivity index (χ1v) is 9.79. The van der Waals surface area contributed by atoms with E-state index in [-0.39, 0.29) is 23.0 Å². The molecule has 24 heavy (non-hydrogen) atoms. The summed E-state index contributed by atoms with van der Waals surface area (Å²) in [5.74, 6) is -1.29. The van der Waals surface area contributed by atoms with Crippen LogP contribution in [0.15, 0.2) is 29.2 Å². The van der Waals surface area contributed by atoms with E-state index in [0.29, 0.717) is 12.8 Å². The number of sulfone groups is 1. The summed E-state index contributed by atoms with van der Waals surface area (Å²) in [5, 5.41) is 11.6. The van der Waals surface area contributed by atoms with E-state index >= 15 is 0 Å². The lowest BCUT2D eigenvalue weighted by Crippen LogP contribution is -2.40. The van der Waals surface area contributed by atoms with Crippen molar-refractivity contribution in [3.05, 3.63) is 29.8 Å². The number of hydrogen-bond acceptors (Lipinski definition) is 4. The number of aryl methyl sites for hydroxylation is 1. The number of carbonyl (C=O) groups is 2. The molecular formula is C17H25NO5S. The van der Waals surface area contributed by atoms with Crippen LogP contribution in [0.5, 0.6) is 0 Å². The topological polar surface area (TPSA) is 101 Å².